The monoisotopic (exact) mass is 332 g/mol. The minimum atomic E-state index is -0.280. The van der Waals surface area contributed by atoms with Crippen LogP contribution in [0.1, 0.15) is 18.6 Å². The van der Waals surface area contributed by atoms with Crippen LogP contribution in [0.5, 0.6) is 0 Å². The average molecular weight is 332 g/mol. The van der Waals surface area contributed by atoms with Crippen molar-refractivity contribution in [2.75, 3.05) is 19.7 Å². The van der Waals surface area contributed by atoms with E-state index in [0.29, 0.717) is 26.2 Å². The number of hydrogen-bond donors (Lipinski definition) is 1. The van der Waals surface area contributed by atoms with Gasteiger partial charge >= 0.3 is 6.03 Å². The van der Waals surface area contributed by atoms with Crippen LogP contribution in [-0.2, 0) is 11.3 Å². The van der Waals surface area contributed by atoms with E-state index in [-0.39, 0.29) is 24.0 Å². The van der Waals surface area contributed by atoms with Crippen LogP contribution in [0, 0.1) is 5.82 Å². The summed E-state index contributed by atoms with van der Waals surface area (Å²) in [4.78, 5) is 18.2. The molecular weight excluding hydrogens is 311 g/mol. The number of benzene rings is 1. The summed E-state index contributed by atoms with van der Waals surface area (Å²) in [5, 5.41) is 2.99. The van der Waals surface area contributed by atoms with Gasteiger partial charge < -0.3 is 19.5 Å². The molecule has 1 aliphatic rings. The molecule has 6 nitrogen and oxygen atoms in total. The number of carbonyl (C=O) groups is 1. The lowest BCUT2D eigenvalue weighted by Gasteiger charge is -2.34. The fourth-order valence-corrected chi connectivity index (χ4v) is 2.77. The Morgan fingerprint density at radius 3 is 2.96 bits per heavy atom. The summed E-state index contributed by atoms with van der Waals surface area (Å²) in [7, 11) is 0. The molecule has 0 unspecified atom stereocenters. The van der Waals surface area contributed by atoms with Crippen molar-refractivity contribution in [3.05, 3.63) is 54.4 Å². The van der Waals surface area contributed by atoms with E-state index in [1.165, 1.54) is 12.1 Å². The Labute approximate surface area is 140 Å². The molecule has 0 bridgehead atoms. The van der Waals surface area contributed by atoms with Crippen LogP contribution < -0.4 is 5.32 Å². The SMILES string of the molecule is C[C@@H](Cn1ccnc1)NC(=O)N1CCO[C@@H](c2ccc(F)cc2)C1. The first-order chi connectivity index (χ1) is 11.6. The molecule has 2 aromatic rings. The average Bonchev–Trinajstić information content (AvgIpc) is 3.08. The zero-order valence-electron chi connectivity index (χ0n) is 13.6. The van der Waals surface area contributed by atoms with Crippen molar-refractivity contribution in [2.24, 2.45) is 0 Å². The number of carbonyl (C=O) groups excluding carboxylic acids is 1. The maximum absolute atomic E-state index is 13.0. The number of ether oxygens (including phenoxy) is 1. The van der Waals surface area contributed by atoms with Crippen LogP contribution in [0.2, 0.25) is 0 Å². The van der Waals surface area contributed by atoms with Crippen LogP contribution in [0.4, 0.5) is 9.18 Å². The van der Waals surface area contributed by atoms with Crippen molar-refractivity contribution in [3.63, 3.8) is 0 Å². The van der Waals surface area contributed by atoms with Crippen LogP contribution in [0.15, 0.2) is 43.0 Å². The van der Waals surface area contributed by atoms with Crippen LogP contribution in [0.25, 0.3) is 0 Å². The molecule has 128 valence electrons. The number of urea groups is 1. The first kappa shape index (κ1) is 16.4. The van der Waals surface area contributed by atoms with Crippen molar-refractivity contribution in [3.8, 4) is 0 Å². The fraction of sp³-hybridized carbons (Fsp3) is 0.412. The number of morpholine rings is 1. The maximum Gasteiger partial charge on any atom is 0.317 e. The highest BCUT2D eigenvalue weighted by Crippen LogP contribution is 2.22. The molecule has 2 atom stereocenters. The number of amides is 2. The Bertz CT molecular complexity index is 660. The lowest BCUT2D eigenvalue weighted by atomic mass is 10.1. The van der Waals surface area contributed by atoms with Gasteiger partial charge in [-0.05, 0) is 24.6 Å². The zero-order valence-corrected chi connectivity index (χ0v) is 13.6. The van der Waals surface area contributed by atoms with E-state index in [2.05, 4.69) is 10.3 Å². The molecule has 0 saturated carbocycles. The third-order valence-electron chi connectivity index (χ3n) is 4.01. The van der Waals surface area contributed by atoms with E-state index < -0.39 is 0 Å². The van der Waals surface area contributed by atoms with Crippen LogP contribution >= 0.6 is 0 Å². The molecule has 1 N–H and O–H groups in total. The smallest absolute Gasteiger partial charge is 0.317 e. The zero-order chi connectivity index (χ0) is 16.9. The molecule has 1 fully saturated rings. The van der Waals surface area contributed by atoms with E-state index in [9.17, 15) is 9.18 Å². The third-order valence-corrected chi connectivity index (χ3v) is 4.01. The number of aromatic nitrogens is 2. The summed E-state index contributed by atoms with van der Waals surface area (Å²) in [5.74, 6) is -0.280. The molecule has 7 heteroatoms. The van der Waals surface area contributed by atoms with E-state index >= 15 is 0 Å². The van der Waals surface area contributed by atoms with Gasteiger partial charge in [0.15, 0.2) is 0 Å². The molecule has 1 saturated heterocycles. The molecule has 2 heterocycles. The molecular formula is C17H21FN4O2. The second kappa shape index (κ2) is 7.44. The predicted octanol–water partition coefficient (Wildman–Crippen LogP) is 2.19. The molecule has 2 amide bonds. The summed E-state index contributed by atoms with van der Waals surface area (Å²) in [6, 6.07) is 6.08. The number of halogens is 1. The highest BCUT2D eigenvalue weighted by atomic mass is 19.1. The highest BCUT2D eigenvalue weighted by molar-refractivity contribution is 5.74. The third kappa shape index (κ3) is 4.11. The van der Waals surface area contributed by atoms with Gasteiger partial charge in [0.1, 0.15) is 11.9 Å². The van der Waals surface area contributed by atoms with Crippen LogP contribution in [-0.4, -0.2) is 46.2 Å². The van der Waals surface area contributed by atoms with E-state index in [1.54, 1.807) is 29.6 Å². The quantitative estimate of drug-likeness (QED) is 0.934. The number of hydrogen-bond acceptors (Lipinski definition) is 3. The van der Waals surface area contributed by atoms with Gasteiger partial charge in [0.2, 0.25) is 0 Å². The van der Waals surface area contributed by atoms with Gasteiger partial charge in [-0.2, -0.15) is 0 Å². The van der Waals surface area contributed by atoms with Gasteiger partial charge in [0.25, 0.3) is 0 Å². The lowest BCUT2D eigenvalue weighted by Crippen LogP contribution is -2.50. The maximum atomic E-state index is 13.0. The van der Waals surface area contributed by atoms with Crippen molar-refractivity contribution in [1.29, 1.82) is 0 Å². The summed E-state index contributed by atoms with van der Waals surface area (Å²) >= 11 is 0. The van der Waals surface area contributed by atoms with Crippen molar-refractivity contribution < 1.29 is 13.9 Å². The minimum Gasteiger partial charge on any atom is -0.370 e. The van der Waals surface area contributed by atoms with E-state index in [1.807, 2.05) is 17.7 Å². The Kier molecular flexibility index (Phi) is 5.10. The molecule has 0 spiro atoms. The normalized spacial score (nSPS) is 19.1. The van der Waals surface area contributed by atoms with Gasteiger partial charge in [-0.1, -0.05) is 12.1 Å². The number of rotatable bonds is 4. The summed E-state index contributed by atoms with van der Waals surface area (Å²) < 4.78 is 20.7. The van der Waals surface area contributed by atoms with Crippen molar-refractivity contribution in [2.45, 2.75) is 25.6 Å². The van der Waals surface area contributed by atoms with Gasteiger partial charge in [-0.3, -0.25) is 0 Å². The van der Waals surface area contributed by atoms with Crippen molar-refractivity contribution in [1.82, 2.24) is 19.8 Å². The van der Waals surface area contributed by atoms with E-state index in [0.717, 1.165) is 5.56 Å². The second-order valence-corrected chi connectivity index (χ2v) is 5.97. The van der Waals surface area contributed by atoms with Crippen molar-refractivity contribution >= 4 is 6.03 Å². The Balaban J connectivity index is 1.55. The van der Waals surface area contributed by atoms with E-state index in [4.69, 9.17) is 4.74 Å². The number of nitrogens with zero attached hydrogens (tertiary/aromatic N) is 3. The Hall–Kier alpha value is -2.41. The first-order valence-electron chi connectivity index (χ1n) is 8.00. The largest absolute Gasteiger partial charge is 0.370 e. The summed E-state index contributed by atoms with van der Waals surface area (Å²) in [6.45, 7) is 4.08. The molecule has 0 radical (unpaired) electrons. The summed E-state index contributed by atoms with van der Waals surface area (Å²) in [5.41, 5.74) is 0.875. The molecule has 1 aromatic carbocycles. The minimum absolute atomic E-state index is 0.0150. The summed E-state index contributed by atoms with van der Waals surface area (Å²) in [6.07, 6.45) is 5.07. The topological polar surface area (TPSA) is 59.4 Å². The molecule has 1 aliphatic heterocycles. The van der Waals surface area contributed by atoms with Gasteiger partial charge in [-0.25, -0.2) is 14.2 Å². The van der Waals surface area contributed by atoms with Gasteiger partial charge in [0, 0.05) is 31.5 Å². The molecule has 0 aliphatic carbocycles. The predicted molar refractivity (Wildman–Crippen MR) is 86.9 cm³/mol. The number of nitrogens with one attached hydrogen (secondary N) is 1. The Morgan fingerprint density at radius 2 is 2.25 bits per heavy atom. The van der Waals surface area contributed by atoms with Gasteiger partial charge in [0.05, 0.1) is 19.5 Å². The standard InChI is InChI=1S/C17H21FN4O2/c1-13(10-21-7-6-19-12-21)20-17(23)22-8-9-24-16(11-22)14-2-4-15(18)5-3-14/h2-7,12-13,16H,8-11H2,1H3,(H,20,23)/t13-,16+/m0/s1. The Morgan fingerprint density at radius 1 is 1.46 bits per heavy atom. The molecule has 24 heavy (non-hydrogen) atoms. The first-order valence-corrected chi connectivity index (χ1v) is 8.00. The molecule has 3 rings (SSSR count). The van der Waals surface area contributed by atoms with Crippen LogP contribution in [0.3, 0.4) is 0 Å². The lowest BCUT2D eigenvalue weighted by molar-refractivity contribution is -0.0158. The number of imidazole rings is 1. The fourth-order valence-electron chi connectivity index (χ4n) is 2.77. The highest BCUT2D eigenvalue weighted by Gasteiger charge is 2.26. The molecule has 1 aromatic heterocycles. The van der Waals surface area contributed by atoms with Gasteiger partial charge in [-0.15, -0.1) is 0 Å². The second-order valence-electron chi connectivity index (χ2n) is 5.97.